The average Bonchev–Trinajstić information content (AvgIpc) is 3.21. The second-order valence-electron chi connectivity index (χ2n) is 5.77. The van der Waals surface area contributed by atoms with E-state index in [0.717, 1.165) is 11.5 Å². The summed E-state index contributed by atoms with van der Waals surface area (Å²) < 4.78 is 11.0. The summed E-state index contributed by atoms with van der Waals surface area (Å²) in [6.07, 6.45) is 3.50. The lowest BCUT2D eigenvalue weighted by atomic mass is 10.1. The van der Waals surface area contributed by atoms with Crippen LogP contribution in [0.2, 0.25) is 0 Å². The van der Waals surface area contributed by atoms with Crippen molar-refractivity contribution in [2.75, 3.05) is 22.9 Å². The number of aliphatic hydroxyl groups is 1. The molecule has 0 aliphatic carbocycles. The maximum absolute atomic E-state index is 12.3. The number of amides is 1. The minimum Gasteiger partial charge on any atom is -0.457 e. The number of fused-ring (bicyclic) bond motifs is 3. The van der Waals surface area contributed by atoms with Gasteiger partial charge in [-0.3, -0.25) is 4.90 Å². The Hall–Kier alpha value is -2.80. The third kappa shape index (κ3) is 2.25. The third-order valence-electron chi connectivity index (χ3n) is 4.27. The number of para-hydroxylation sites is 1. The van der Waals surface area contributed by atoms with Crippen LogP contribution in [0.1, 0.15) is 6.42 Å². The van der Waals surface area contributed by atoms with Gasteiger partial charge in [0, 0.05) is 6.21 Å². The van der Waals surface area contributed by atoms with Crippen molar-refractivity contribution in [3.63, 3.8) is 0 Å². The molecule has 2 atom stereocenters. The fourth-order valence-corrected chi connectivity index (χ4v) is 3.07. The van der Waals surface area contributed by atoms with Gasteiger partial charge in [-0.15, -0.1) is 6.58 Å². The zero-order chi connectivity index (χ0) is 16.7. The van der Waals surface area contributed by atoms with Gasteiger partial charge in [-0.25, -0.2) is 9.79 Å². The van der Waals surface area contributed by atoms with Crippen molar-refractivity contribution in [2.24, 2.45) is 4.99 Å². The van der Waals surface area contributed by atoms with E-state index in [1.807, 2.05) is 23.2 Å². The number of benzene rings is 1. The summed E-state index contributed by atoms with van der Waals surface area (Å²) >= 11 is 0. The van der Waals surface area contributed by atoms with Crippen LogP contribution in [0.4, 0.5) is 16.2 Å². The SMILES string of the molecule is C=CCC(O)[C@H]1CN(c2cccc3c2OC=C2N=CCN23)C(=O)O1. The number of cyclic esters (lactones) is 1. The Morgan fingerprint density at radius 1 is 1.42 bits per heavy atom. The highest BCUT2D eigenvalue weighted by atomic mass is 16.6. The first-order chi connectivity index (χ1) is 11.7. The van der Waals surface area contributed by atoms with E-state index in [1.165, 1.54) is 4.90 Å². The molecule has 0 aromatic heterocycles. The molecule has 7 nitrogen and oxygen atoms in total. The lowest BCUT2D eigenvalue weighted by Crippen LogP contribution is -2.31. The zero-order valence-corrected chi connectivity index (χ0v) is 13.0. The van der Waals surface area contributed by atoms with Crippen LogP contribution in [0, 0.1) is 0 Å². The molecule has 1 aromatic carbocycles. The van der Waals surface area contributed by atoms with Crippen molar-refractivity contribution in [1.29, 1.82) is 0 Å². The van der Waals surface area contributed by atoms with Crippen LogP contribution in [0.15, 0.2) is 47.9 Å². The van der Waals surface area contributed by atoms with E-state index in [0.29, 0.717) is 24.4 Å². The monoisotopic (exact) mass is 327 g/mol. The Labute approximate surface area is 139 Å². The van der Waals surface area contributed by atoms with Gasteiger partial charge in [0.05, 0.1) is 30.6 Å². The highest BCUT2D eigenvalue weighted by molar-refractivity contribution is 5.94. The molecule has 1 fully saturated rings. The number of aliphatic imine (C=N–C) groups is 1. The van der Waals surface area contributed by atoms with E-state index in [9.17, 15) is 9.90 Å². The summed E-state index contributed by atoms with van der Waals surface area (Å²) in [6, 6.07) is 5.59. The second-order valence-corrected chi connectivity index (χ2v) is 5.77. The van der Waals surface area contributed by atoms with Gasteiger partial charge in [-0.2, -0.15) is 0 Å². The highest BCUT2D eigenvalue weighted by Crippen LogP contribution is 2.44. The molecule has 1 unspecified atom stereocenters. The smallest absolute Gasteiger partial charge is 0.414 e. The number of anilines is 2. The molecule has 0 radical (unpaired) electrons. The number of hydrogen-bond acceptors (Lipinski definition) is 6. The minimum absolute atomic E-state index is 0.265. The highest BCUT2D eigenvalue weighted by Gasteiger charge is 2.39. The molecular weight excluding hydrogens is 310 g/mol. The van der Waals surface area contributed by atoms with Crippen molar-refractivity contribution in [2.45, 2.75) is 18.6 Å². The summed E-state index contributed by atoms with van der Waals surface area (Å²) in [5.41, 5.74) is 1.47. The Morgan fingerprint density at radius 3 is 3.00 bits per heavy atom. The van der Waals surface area contributed by atoms with Crippen LogP contribution in [0.5, 0.6) is 5.75 Å². The van der Waals surface area contributed by atoms with E-state index < -0.39 is 18.3 Å². The molecule has 3 aliphatic heterocycles. The van der Waals surface area contributed by atoms with Crippen LogP contribution in [0.25, 0.3) is 0 Å². The number of rotatable bonds is 4. The Bertz CT molecular complexity index is 758. The Kier molecular flexibility index (Phi) is 3.50. The predicted octanol–water partition coefficient (Wildman–Crippen LogP) is 2.03. The summed E-state index contributed by atoms with van der Waals surface area (Å²) in [6.45, 7) is 4.53. The number of hydrogen-bond donors (Lipinski definition) is 1. The van der Waals surface area contributed by atoms with Gasteiger partial charge >= 0.3 is 6.09 Å². The molecule has 3 heterocycles. The molecule has 124 valence electrons. The first-order valence-electron chi connectivity index (χ1n) is 7.76. The first-order valence-corrected chi connectivity index (χ1v) is 7.76. The van der Waals surface area contributed by atoms with Gasteiger partial charge in [-0.1, -0.05) is 12.1 Å². The van der Waals surface area contributed by atoms with Crippen LogP contribution >= 0.6 is 0 Å². The molecule has 0 bridgehead atoms. The number of carbonyl (C=O) groups excluding carboxylic acids is 1. The normalized spacial score (nSPS) is 22.5. The molecule has 0 saturated carbocycles. The van der Waals surface area contributed by atoms with E-state index >= 15 is 0 Å². The van der Waals surface area contributed by atoms with Gasteiger partial charge in [0.1, 0.15) is 12.4 Å². The molecule has 0 spiro atoms. The van der Waals surface area contributed by atoms with E-state index in [-0.39, 0.29) is 6.54 Å². The Balaban J connectivity index is 1.64. The maximum Gasteiger partial charge on any atom is 0.414 e. The molecule has 3 aliphatic rings. The minimum atomic E-state index is -0.768. The number of nitrogens with zero attached hydrogens (tertiary/aromatic N) is 3. The lowest BCUT2D eigenvalue weighted by Gasteiger charge is -2.28. The molecule has 24 heavy (non-hydrogen) atoms. The van der Waals surface area contributed by atoms with E-state index in [2.05, 4.69) is 11.6 Å². The van der Waals surface area contributed by atoms with Crippen molar-refractivity contribution in [1.82, 2.24) is 0 Å². The van der Waals surface area contributed by atoms with Gasteiger partial charge in [0.25, 0.3) is 0 Å². The molecule has 7 heteroatoms. The molecule has 1 amide bonds. The van der Waals surface area contributed by atoms with E-state index in [4.69, 9.17) is 9.47 Å². The van der Waals surface area contributed by atoms with Gasteiger partial charge in [0.2, 0.25) is 0 Å². The largest absolute Gasteiger partial charge is 0.457 e. The zero-order valence-electron chi connectivity index (χ0n) is 13.0. The summed E-state index contributed by atoms with van der Waals surface area (Å²) in [7, 11) is 0. The van der Waals surface area contributed by atoms with Crippen LogP contribution in [0.3, 0.4) is 0 Å². The van der Waals surface area contributed by atoms with Crippen molar-refractivity contribution in [3.8, 4) is 5.75 Å². The summed E-state index contributed by atoms with van der Waals surface area (Å²) in [4.78, 5) is 20.0. The van der Waals surface area contributed by atoms with Crippen LogP contribution in [-0.4, -0.2) is 42.7 Å². The fourth-order valence-electron chi connectivity index (χ4n) is 3.07. The third-order valence-corrected chi connectivity index (χ3v) is 4.27. The summed E-state index contributed by atoms with van der Waals surface area (Å²) in [5.74, 6) is 1.32. The van der Waals surface area contributed by atoms with Gasteiger partial charge in [-0.05, 0) is 18.6 Å². The second kappa shape index (κ2) is 5.68. The van der Waals surface area contributed by atoms with Crippen molar-refractivity contribution in [3.05, 3.63) is 42.9 Å². The Morgan fingerprint density at radius 2 is 2.21 bits per heavy atom. The molecule has 4 rings (SSSR count). The van der Waals surface area contributed by atoms with E-state index in [1.54, 1.807) is 18.4 Å². The number of aliphatic hydroxyl groups excluding tert-OH is 1. The standard InChI is InChI=1S/C17H17N3O4/c1-2-4-13(21)14-9-20(17(22)24-14)12-6-3-5-11-16(12)23-10-15-18-7-8-19(11)15/h2-3,5-7,10,13-14,21H,1,4,8-9H2/t13?,14-/m1/s1. The van der Waals surface area contributed by atoms with Crippen LogP contribution < -0.4 is 14.5 Å². The lowest BCUT2D eigenvalue weighted by molar-refractivity contribution is 0.0347. The molecule has 1 N–H and O–H groups in total. The number of ether oxygens (including phenoxy) is 2. The van der Waals surface area contributed by atoms with Crippen molar-refractivity contribution >= 4 is 23.7 Å². The van der Waals surface area contributed by atoms with Gasteiger partial charge in [0.15, 0.2) is 11.6 Å². The molecule has 1 aromatic rings. The number of carbonyl (C=O) groups is 1. The predicted molar refractivity (Wildman–Crippen MR) is 89.4 cm³/mol. The summed E-state index contributed by atoms with van der Waals surface area (Å²) in [5, 5.41) is 10.1. The topological polar surface area (TPSA) is 74.6 Å². The quantitative estimate of drug-likeness (QED) is 0.857. The maximum atomic E-state index is 12.3. The van der Waals surface area contributed by atoms with Gasteiger partial charge < -0.3 is 19.5 Å². The molecule has 1 saturated heterocycles. The first kappa shape index (κ1) is 14.8. The van der Waals surface area contributed by atoms with Crippen LogP contribution in [-0.2, 0) is 4.74 Å². The molecular formula is C17H17N3O4. The average molecular weight is 327 g/mol. The fraction of sp³-hybridized carbons (Fsp3) is 0.294. The van der Waals surface area contributed by atoms with Crippen molar-refractivity contribution < 1.29 is 19.4 Å².